The number of nitrogens with zero attached hydrogens (tertiary/aromatic N) is 1. The van der Waals surface area contributed by atoms with E-state index >= 15 is 0 Å². The third kappa shape index (κ3) is 7.25. The van der Waals surface area contributed by atoms with Crippen LogP contribution in [0, 0.1) is 19.8 Å². The summed E-state index contributed by atoms with van der Waals surface area (Å²) in [7, 11) is 0. The summed E-state index contributed by atoms with van der Waals surface area (Å²) < 4.78 is 11.7. The van der Waals surface area contributed by atoms with Crippen LogP contribution < -0.4 is 10.6 Å². The Hall–Kier alpha value is -2.51. The molecule has 8 heteroatoms. The first-order valence-electron chi connectivity index (χ1n) is 9.73. The molecule has 0 fully saturated rings. The standard InChI is InChI=1S/C20H33N3O5/c1-7-27-19(25)17-10-14(5)23(15(17)6)12-18(24)21-11-16(9-13(3)4)22-20(26)28-8-2/h10,13,16H,7-9,11-12H2,1-6H3,(H,21,24)(H,22,26). The number of alkyl carbamates (subject to hydrolysis) is 1. The van der Waals surface area contributed by atoms with Crippen LogP contribution in [0.5, 0.6) is 0 Å². The fourth-order valence-corrected chi connectivity index (χ4v) is 3.00. The first-order valence-corrected chi connectivity index (χ1v) is 9.73. The first-order chi connectivity index (χ1) is 13.2. The maximum atomic E-state index is 12.4. The average molecular weight is 396 g/mol. The number of amides is 2. The molecule has 1 atom stereocenters. The number of ether oxygens (including phenoxy) is 2. The van der Waals surface area contributed by atoms with Crippen LogP contribution in [0.25, 0.3) is 0 Å². The van der Waals surface area contributed by atoms with Crippen molar-refractivity contribution in [1.82, 2.24) is 15.2 Å². The van der Waals surface area contributed by atoms with E-state index in [9.17, 15) is 14.4 Å². The Morgan fingerprint density at radius 1 is 1.11 bits per heavy atom. The Morgan fingerprint density at radius 3 is 2.32 bits per heavy atom. The molecule has 0 aliphatic heterocycles. The van der Waals surface area contributed by atoms with Gasteiger partial charge in [0.1, 0.15) is 6.54 Å². The number of esters is 1. The zero-order chi connectivity index (χ0) is 21.3. The SMILES string of the molecule is CCOC(=O)NC(CNC(=O)Cn1c(C)cc(C(=O)OCC)c1C)CC(C)C. The van der Waals surface area contributed by atoms with Crippen molar-refractivity contribution < 1.29 is 23.9 Å². The smallest absolute Gasteiger partial charge is 0.407 e. The Kier molecular flexibility index (Phi) is 9.55. The predicted molar refractivity (Wildman–Crippen MR) is 106 cm³/mol. The van der Waals surface area contributed by atoms with Crippen molar-refractivity contribution in [3.63, 3.8) is 0 Å². The summed E-state index contributed by atoms with van der Waals surface area (Å²) in [6.07, 6.45) is 0.229. The topological polar surface area (TPSA) is 98.7 Å². The molecule has 0 saturated carbocycles. The lowest BCUT2D eigenvalue weighted by Gasteiger charge is -2.21. The van der Waals surface area contributed by atoms with Gasteiger partial charge in [0.2, 0.25) is 5.91 Å². The molecule has 1 aromatic heterocycles. The fourth-order valence-electron chi connectivity index (χ4n) is 3.00. The van der Waals surface area contributed by atoms with Crippen LogP contribution in [0.2, 0.25) is 0 Å². The van der Waals surface area contributed by atoms with E-state index in [1.165, 1.54) is 0 Å². The Labute approximate surface area is 167 Å². The van der Waals surface area contributed by atoms with Crippen molar-refractivity contribution in [2.45, 2.75) is 60.5 Å². The van der Waals surface area contributed by atoms with Crippen molar-refractivity contribution in [2.75, 3.05) is 19.8 Å². The van der Waals surface area contributed by atoms with Gasteiger partial charge in [-0.3, -0.25) is 4.79 Å². The molecule has 0 aromatic carbocycles. The van der Waals surface area contributed by atoms with Gasteiger partial charge in [0.05, 0.1) is 18.8 Å². The number of hydrogen-bond acceptors (Lipinski definition) is 5. The third-order valence-electron chi connectivity index (χ3n) is 4.27. The summed E-state index contributed by atoms with van der Waals surface area (Å²) in [4.78, 5) is 36.1. The normalized spacial score (nSPS) is 11.8. The summed E-state index contributed by atoms with van der Waals surface area (Å²) in [5, 5.41) is 5.64. The minimum atomic E-state index is -0.487. The van der Waals surface area contributed by atoms with Crippen LogP contribution in [0.1, 0.15) is 55.9 Å². The molecular formula is C20H33N3O5. The highest BCUT2D eigenvalue weighted by molar-refractivity contribution is 5.91. The minimum absolute atomic E-state index is 0.0882. The Morgan fingerprint density at radius 2 is 1.75 bits per heavy atom. The Bertz CT molecular complexity index is 682. The lowest BCUT2D eigenvalue weighted by atomic mass is 10.0. The van der Waals surface area contributed by atoms with Crippen molar-refractivity contribution in [1.29, 1.82) is 0 Å². The second kappa shape index (κ2) is 11.4. The van der Waals surface area contributed by atoms with Gasteiger partial charge in [-0.2, -0.15) is 0 Å². The molecule has 2 amide bonds. The molecular weight excluding hydrogens is 362 g/mol. The number of aryl methyl sites for hydroxylation is 1. The van der Waals surface area contributed by atoms with Crippen LogP contribution in [0.15, 0.2) is 6.07 Å². The van der Waals surface area contributed by atoms with Crippen LogP contribution >= 0.6 is 0 Å². The first kappa shape index (κ1) is 23.5. The third-order valence-corrected chi connectivity index (χ3v) is 4.27. The zero-order valence-electron chi connectivity index (χ0n) is 17.8. The van der Waals surface area contributed by atoms with E-state index in [-0.39, 0.29) is 18.5 Å². The number of rotatable bonds is 10. The van der Waals surface area contributed by atoms with Gasteiger partial charge in [0.25, 0.3) is 0 Å². The second-order valence-electron chi connectivity index (χ2n) is 7.09. The van der Waals surface area contributed by atoms with Crippen LogP contribution in [-0.4, -0.2) is 48.3 Å². The van der Waals surface area contributed by atoms with Crippen LogP contribution in [0.4, 0.5) is 4.79 Å². The summed E-state index contributed by atoms with van der Waals surface area (Å²) in [6, 6.07) is 1.51. The highest BCUT2D eigenvalue weighted by Crippen LogP contribution is 2.16. The molecule has 0 spiro atoms. The summed E-state index contributed by atoms with van der Waals surface area (Å²) in [5.41, 5.74) is 1.96. The molecule has 0 bridgehead atoms. The van der Waals surface area contributed by atoms with E-state index in [1.54, 1.807) is 31.4 Å². The van der Waals surface area contributed by atoms with E-state index in [1.807, 2.05) is 20.8 Å². The molecule has 28 heavy (non-hydrogen) atoms. The minimum Gasteiger partial charge on any atom is -0.462 e. The Balaban J connectivity index is 2.72. The molecule has 8 nitrogen and oxygen atoms in total. The van der Waals surface area contributed by atoms with Gasteiger partial charge in [-0.1, -0.05) is 13.8 Å². The summed E-state index contributed by atoms with van der Waals surface area (Å²) in [5.74, 6) is -0.237. The molecule has 1 heterocycles. The number of nitrogens with one attached hydrogen (secondary N) is 2. The number of hydrogen-bond donors (Lipinski definition) is 2. The summed E-state index contributed by atoms with van der Waals surface area (Å²) in [6.45, 7) is 12.2. The van der Waals surface area contributed by atoms with Crippen molar-refractivity contribution in [2.24, 2.45) is 5.92 Å². The summed E-state index contributed by atoms with van der Waals surface area (Å²) >= 11 is 0. The average Bonchev–Trinajstić information content (AvgIpc) is 2.88. The monoisotopic (exact) mass is 395 g/mol. The van der Waals surface area contributed by atoms with E-state index in [0.717, 1.165) is 5.69 Å². The maximum absolute atomic E-state index is 12.4. The molecule has 1 rings (SSSR count). The molecule has 0 saturated heterocycles. The van der Waals surface area contributed by atoms with Gasteiger partial charge in [-0.15, -0.1) is 0 Å². The molecule has 158 valence electrons. The number of aromatic nitrogens is 1. The van der Waals surface area contributed by atoms with E-state index < -0.39 is 12.1 Å². The maximum Gasteiger partial charge on any atom is 0.407 e. The van der Waals surface area contributed by atoms with Gasteiger partial charge in [-0.05, 0) is 46.1 Å². The predicted octanol–water partition coefficient (Wildman–Crippen LogP) is 2.56. The van der Waals surface area contributed by atoms with E-state index in [2.05, 4.69) is 10.6 Å². The van der Waals surface area contributed by atoms with Gasteiger partial charge in [-0.25, -0.2) is 9.59 Å². The van der Waals surface area contributed by atoms with Gasteiger partial charge >= 0.3 is 12.1 Å². The van der Waals surface area contributed by atoms with Crippen molar-refractivity contribution in [3.05, 3.63) is 23.0 Å². The largest absolute Gasteiger partial charge is 0.462 e. The fraction of sp³-hybridized carbons (Fsp3) is 0.650. The molecule has 1 unspecified atom stereocenters. The molecule has 2 N–H and O–H groups in total. The van der Waals surface area contributed by atoms with E-state index in [0.29, 0.717) is 43.4 Å². The molecule has 1 aromatic rings. The highest BCUT2D eigenvalue weighted by atomic mass is 16.5. The lowest BCUT2D eigenvalue weighted by Crippen LogP contribution is -2.45. The molecule has 0 aliphatic carbocycles. The van der Waals surface area contributed by atoms with E-state index in [4.69, 9.17) is 9.47 Å². The van der Waals surface area contributed by atoms with Crippen LogP contribution in [0.3, 0.4) is 0 Å². The second-order valence-corrected chi connectivity index (χ2v) is 7.09. The van der Waals surface area contributed by atoms with Crippen LogP contribution in [-0.2, 0) is 20.8 Å². The lowest BCUT2D eigenvalue weighted by molar-refractivity contribution is -0.121. The molecule has 0 aliphatic rings. The quantitative estimate of drug-likeness (QED) is 0.593. The van der Waals surface area contributed by atoms with Gasteiger partial charge in [0, 0.05) is 24.0 Å². The van der Waals surface area contributed by atoms with Crippen molar-refractivity contribution >= 4 is 18.0 Å². The molecule has 0 radical (unpaired) electrons. The number of carbonyl (C=O) groups is 3. The van der Waals surface area contributed by atoms with Crippen molar-refractivity contribution in [3.8, 4) is 0 Å². The van der Waals surface area contributed by atoms with Gasteiger partial charge < -0.3 is 24.7 Å². The zero-order valence-corrected chi connectivity index (χ0v) is 17.8. The van der Waals surface area contributed by atoms with Gasteiger partial charge in [0.15, 0.2) is 0 Å². The number of carbonyl (C=O) groups excluding carboxylic acids is 3. The highest BCUT2D eigenvalue weighted by Gasteiger charge is 2.19.